The van der Waals surface area contributed by atoms with Gasteiger partial charge in [-0.15, -0.1) is 0 Å². The number of carbonyl (C=O) groups is 2. The van der Waals surface area contributed by atoms with Gasteiger partial charge in [0.1, 0.15) is 6.61 Å². The fourth-order valence-corrected chi connectivity index (χ4v) is 4.53. The highest BCUT2D eigenvalue weighted by atomic mass is 31.2. The van der Waals surface area contributed by atoms with Crippen molar-refractivity contribution in [3.63, 3.8) is 0 Å². The minimum atomic E-state index is -4.36. The number of unbranched alkanes of at least 4 members (excludes halogenated alkanes) is 9. The molecule has 0 radical (unpaired) electrons. The van der Waals surface area contributed by atoms with Crippen molar-refractivity contribution in [2.75, 3.05) is 26.4 Å². The van der Waals surface area contributed by atoms with Crippen LogP contribution in [0.4, 0.5) is 0 Å². The lowest BCUT2D eigenvalue weighted by Gasteiger charge is -2.19. The second kappa shape index (κ2) is 28.4. The van der Waals surface area contributed by atoms with E-state index in [0.717, 1.165) is 64.2 Å². The largest absolute Gasteiger partial charge is 0.472 e. The van der Waals surface area contributed by atoms with Crippen molar-refractivity contribution < 1.29 is 37.6 Å². The van der Waals surface area contributed by atoms with Crippen LogP contribution >= 0.6 is 7.82 Å². The maximum absolute atomic E-state index is 12.4. The maximum Gasteiger partial charge on any atom is 0.472 e. The van der Waals surface area contributed by atoms with Crippen molar-refractivity contribution in [2.45, 2.75) is 123 Å². The van der Waals surface area contributed by atoms with Crippen molar-refractivity contribution in [1.29, 1.82) is 0 Å². The standard InChI is InChI=1S/C31H56NO8P/c1-3-5-7-9-11-12-13-14-15-16-18-20-22-24-31(34)40-29(28-39-41(35,36)38-26-25-32)27-37-30(33)23-21-19-17-10-8-6-4-2/h5,7,11-12,14-15,29H,3-4,6,8-10,13,16-28,32H2,1-2H3,(H,35,36)/b7-5-,12-11-,15-14-. The molecule has 0 aliphatic carbocycles. The Bertz CT molecular complexity index is 784. The zero-order valence-corrected chi connectivity index (χ0v) is 26.4. The van der Waals surface area contributed by atoms with Gasteiger partial charge in [0, 0.05) is 19.4 Å². The Morgan fingerprint density at radius 3 is 2.00 bits per heavy atom. The van der Waals surface area contributed by atoms with E-state index >= 15 is 0 Å². The van der Waals surface area contributed by atoms with Gasteiger partial charge in [-0.05, 0) is 44.9 Å². The maximum atomic E-state index is 12.4. The Labute approximate surface area is 248 Å². The molecule has 0 spiro atoms. The Morgan fingerprint density at radius 2 is 1.34 bits per heavy atom. The molecule has 0 fully saturated rings. The van der Waals surface area contributed by atoms with Gasteiger partial charge in [0.2, 0.25) is 0 Å². The van der Waals surface area contributed by atoms with E-state index in [-0.39, 0.29) is 32.6 Å². The van der Waals surface area contributed by atoms with E-state index in [9.17, 15) is 19.0 Å². The summed E-state index contributed by atoms with van der Waals surface area (Å²) in [4.78, 5) is 34.3. The van der Waals surface area contributed by atoms with Crippen LogP contribution in [0.3, 0.4) is 0 Å². The number of phosphoric acid groups is 1. The van der Waals surface area contributed by atoms with Crippen molar-refractivity contribution in [2.24, 2.45) is 5.73 Å². The quantitative estimate of drug-likeness (QED) is 0.0405. The smallest absolute Gasteiger partial charge is 0.462 e. The zero-order valence-electron chi connectivity index (χ0n) is 25.5. The molecule has 0 heterocycles. The second-order valence-corrected chi connectivity index (χ2v) is 11.4. The van der Waals surface area contributed by atoms with Gasteiger partial charge < -0.3 is 20.1 Å². The Balaban J connectivity index is 4.39. The molecule has 0 aliphatic rings. The molecule has 238 valence electrons. The first kappa shape index (κ1) is 39.2. The summed E-state index contributed by atoms with van der Waals surface area (Å²) in [6.07, 6.45) is 26.3. The summed E-state index contributed by atoms with van der Waals surface area (Å²) in [5.41, 5.74) is 5.29. The summed E-state index contributed by atoms with van der Waals surface area (Å²) < 4.78 is 32.3. The van der Waals surface area contributed by atoms with Crippen LogP contribution in [0.5, 0.6) is 0 Å². The molecular formula is C31H56NO8P. The number of hydrogen-bond donors (Lipinski definition) is 2. The molecule has 10 heteroatoms. The fraction of sp³-hybridized carbons (Fsp3) is 0.742. The molecule has 0 saturated heterocycles. The number of nitrogens with two attached hydrogens (primary N) is 1. The molecule has 0 aromatic rings. The third-order valence-electron chi connectivity index (χ3n) is 6.04. The lowest BCUT2D eigenvalue weighted by atomic mass is 10.1. The van der Waals surface area contributed by atoms with Gasteiger partial charge in [-0.2, -0.15) is 0 Å². The highest BCUT2D eigenvalue weighted by Gasteiger charge is 2.25. The number of rotatable bonds is 28. The van der Waals surface area contributed by atoms with E-state index in [0.29, 0.717) is 6.42 Å². The summed E-state index contributed by atoms with van der Waals surface area (Å²) in [6.45, 7) is 3.48. The fourth-order valence-electron chi connectivity index (χ4n) is 3.76. The Hall–Kier alpha value is -1.77. The molecule has 2 unspecified atom stereocenters. The molecule has 2 atom stereocenters. The van der Waals surface area contributed by atoms with Crippen LogP contribution in [-0.4, -0.2) is 49.3 Å². The lowest BCUT2D eigenvalue weighted by molar-refractivity contribution is -0.161. The molecule has 0 aromatic heterocycles. The molecule has 0 bridgehead atoms. The molecule has 0 amide bonds. The average Bonchev–Trinajstić information content (AvgIpc) is 2.95. The number of allylic oxidation sites excluding steroid dienone is 6. The highest BCUT2D eigenvalue weighted by Crippen LogP contribution is 2.43. The van der Waals surface area contributed by atoms with Gasteiger partial charge in [0.05, 0.1) is 13.2 Å². The van der Waals surface area contributed by atoms with Crippen molar-refractivity contribution in [3.05, 3.63) is 36.5 Å². The minimum absolute atomic E-state index is 0.0479. The highest BCUT2D eigenvalue weighted by molar-refractivity contribution is 7.47. The first-order chi connectivity index (χ1) is 19.8. The van der Waals surface area contributed by atoms with Crippen LogP contribution in [0.2, 0.25) is 0 Å². The zero-order chi connectivity index (χ0) is 30.4. The minimum Gasteiger partial charge on any atom is -0.462 e. The summed E-state index contributed by atoms with van der Waals surface area (Å²) in [6, 6.07) is 0. The van der Waals surface area contributed by atoms with Gasteiger partial charge in [-0.25, -0.2) is 4.57 Å². The molecule has 3 N–H and O–H groups in total. The number of carbonyl (C=O) groups excluding carboxylic acids is 2. The van der Waals surface area contributed by atoms with Crippen molar-refractivity contribution in [3.8, 4) is 0 Å². The average molecular weight is 602 g/mol. The first-order valence-corrected chi connectivity index (χ1v) is 17.0. The van der Waals surface area contributed by atoms with Gasteiger partial charge in [-0.3, -0.25) is 18.6 Å². The van der Waals surface area contributed by atoms with E-state index in [1.54, 1.807) is 0 Å². The first-order valence-electron chi connectivity index (χ1n) is 15.5. The van der Waals surface area contributed by atoms with Gasteiger partial charge in [-0.1, -0.05) is 95.2 Å². The normalized spacial score (nSPS) is 14.1. The summed E-state index contributed by atoms with van der Waals surface area (Å²) >= 11 is 0. The van der Waals surface area contributed by atoms with Crippen LogP contribution in [0.15, 0.2) is 36.5 Å². The van der Waals surface area contributed by atoms with Crippen molar-refractivity contribution >= 4 is 19.8 Å². The SMILES string of the molecule is CC/C=C\C/C=C\C/C=C\CCCCCC(=O)OC(COC(=O)CCCCCCCCC)COP(=O)(O)OCCN. The van der Waals surface area contributed by atoms with Gasteiger partial charge >= 0.3 is 19.8 Å². The topological polar surface area (TPSA) is 134 Å². The van der Waals surface area contributed by atoms with E-state index in [1.807, 2.05) is 0 Å². The van der Waals surface area contributed by atoms with Crippen molar-refractivity contribution in [1.82, 2.24) is 0 Å². The molecule has 9 nitrogen and oxygen atoms in total. The second-order valence-electron chi connectivity index (χ2n) is 9.95. The summed E-state index contributed by atoms with van der Waals surface area (Å²) in [7, 11) is -4.36. The molecule has 0 saturated carbocycles. The molecule has 0 aliphatic heterocycles. The van der Waals surface area contributed by atoms with E-state index in [1.165, 1.54) is 19.3 Å². The lowest BCUT2D eigenvalue weighted by Crippen LogP contribution is -2.29. The van der Waals surface area contributed by atoms with Crippen LogP contribution in [0.25, 0.3) is 0 Å². The number of ether oxygens (including phenoxy) is 2. The van der Waals surface area contributed by atoms with E-state index < -0.39 is 32.5 Å². The van der Waals surface area contributed by atoms with Gasteiger partial charge in [0.15, 0.2) is 6.10 Å². The Kier molecular flexibility index (Phi) is 27.1. The molecule has 41 heavy (non-hydrogen) atoms. The van der Waals surface area contributed by atoms with Crippen LogP contribution < -0.4 is 5.73 Å². The Morgan fingerprint density at radius 1 is 0.756 bits per heavy atom. The number of phosphoric ester groups is 1. The van der Waals surface area contributed by atoms with Crippen LogP contribution in [0, 0.1) is 0 Å². The molecular weight excluding hydrogens is 545 g/mol. The third kappa shape index (κ3) is 28.1. The number of esters is 2. The monoisotopic (exact) mass is 601 g/mol. The van der Waals surface area contributed by atoms with E-state index in [2.05, 4.69) is 50.3 Å². The molecule has 0 rings (SSSR count). The van der Waals surface area contributed by atoms with Crippen LogP contribution in [0.1, 0.15) is 117 Å². The van der Waals surface area contributed by atoms with E-state index in [4.69, 9.17) is 24.3 Å². The number of hydrogen-bond acceptors (Lipinski definition) is 8. The predicted octanol–water partition coefficient (Wildman–Crippen LogP) is 7.48. The third-order valence-corrected chi connectivity index (χ3v) is 7.02. The van der Waals surface area contributed by atoms with Gasteiger partial charge in [0.25, 0.3) is 0 Å². The predicted molar refractivity (Wildman–Crippen MR) is 164 cm³/mol. The summed E-state index contributed by atoms with van der Waals surface area (Å²) in [5.74, 6) is -0.877. The summed E-state index contributed by atoms with van der Waals surface area (Å²) in [5, 5.41) is 0. The van der Waals surface area contributed by atoms with Crippen LogP contribution in [-0.2, 0) is 32.7 Å². The molecule has 0 aromatic carbocycles.